The first-order valence-electron chi connectivity index (χ1n) is 6.67. The Hall–Kier alpha value is -1.97. The summed E-state index contributed by atoms with van der Waals surface area (Å²) >= 11 is 0. The number of nitrogens with zero attached hydrogens (tertiary/aromatic N) is 3. The quantitative estimate of drug-likeness (QED) is 0.895. The molecule has 0 amide bonds. The number of aryl methyl sites for hydroxylation is 1. The third-order valence-corrected chi connectivity index (χ3v) is 4.09. The molecule has 0 saturated heterocycles. The van der Waals surface area contributed by atoms with E-state index in [0.717, 1.165) is 24.4 Å². The molecule has 1 atom stereocenters. The SMILES string of the molecule is CNc1nnc(C2CCc3cccnc32)c(C)c1C. The van der Waals surface area contributed by atoms with Crippen LogP contribution in [-0.2, 0) is 6.42 Å². The molecule has 2 heterocycles. The van der Waals surface area contributed by atoms with Gasteiger partial charge in [0.05, 0.1) is 11.4 Å². The van der Waals surface area contributed by atoms with Gasteiger partial charge in [0.2, 0.25) is 0 Å². The molecule has 1 aliphatic rings. The molecule has 2 aromatic heterocycles. The molecule has 1 N–H and O–H groups in total. The summed E-state index contributed by atoms with van der Waals surface area (Å²) in [4.78, 5) is 4.55. The lowest BCUT2D eigenvalue weighted by molar-refractivity contribution is 0.717. The number of hydrogen-bond acceptors (Lipinski definition) is 4. The summed E-state index contributed by atoms with van der Waals surface area (Å²) in [5.74, 6) is 1.16. The summed E-state index contributed by atoms with van der Waals surface area (Å²) < 4.78 is 0. The Morgan fingerprint density at radius 3 is 2.79 bits per heavy atom. The van der Waals surface area contributed by atoms with Crippen molar-refractivity contribution >= 4 is 5.82 Å². The molecule has 19 heavy (non-hydrogen) atoms. The van der Waals surface area contributed by atoms with E-state index in [1.807, 2.05) is 19.3 Å². The number of aromatic nitrogens is 3. The number of rotatable bonds is 2. The maximum absolute atomic E-state index is 4.55. The lowest BCUT2D eigenvalue weighted by Gasteiger charge is -2.15. The van der Waals surface area contributed by atoms with Crippen molar-refractivity contribution in [1.82, 2.24) is 15.2 Å². The lowest BCUT2D eigenvalue weighted by atomic mass is 9.96. The number of pyridine rings is 1. The van der Waals surface area contributed by atoms with Crippen LogP contribution in [0.5, 0.6) is 0 Å². The van der Waals surface area contributed by atoms with E-state index in [0.29, 0.717) is 5.92 Å². The lowest BCUT2D eigenvalue weighted by Crippen LogP contribution is -2.09. The number of anilines is 1. The minimum Gasteiger partial charge on any atom is -0.371 e. The zero-order chi connectivity index (χ0) is 13.4. The van der Waals surface area contributed by atoms with Gasteiger partial charge in [-0.15, -0.1) is 5.10 Å². The fourth-order valence-electron chi connectivity index (χ4n) is 2.87. The molecule has 0 radical (unpaired) electrons. The van der Waals surface area contributed by atoms with Gasteiger partial charge in [-0.2, -0.15) is 5.10 Å². The van der Waals surface area contributed by atoms with Gasteiger partial charge in [0, 0.05) is 19.2 Å². The van der Waals surface area contributed by atoms with Crippen LogP contribution in [0.2, 0.25) is 0 Å². The maximum Gasteiger partial charge on any atom is 0.151 e. The van der Waals surface area contributed by atoms with Crippen molar-refractivity contribution in [3.63, 3.8) is 0 Å². The molecule has 4 heteroatoms. The molecule has 0 spiro atoms. The first-order valence-corrected chi connectivity index (χ1v) is 6.67. The summed E-state index contributed by atoms with van der Waals surface area (Å²) in [5, 5.41) is 11.8. The molecule has 1 aliphatic carbocycles. The third kappa shape index (κ3) is 1.87. The minimum atomic E-state index is 0.299. The van der Waals surface area contributed by atoms with E-state index in [1.165, 1.54) is 22.4 Å². The Kier molecular flexibility index (Phi) is 2.93. The molecule has 2 aromatic rings. The number of hydrogen-bond donors (Lipinski definition) is 1. The average molecular weight is 254 g/mol. The van der Waals surface area contributed by atoms with Gasteiger partial charge >= 0.3 is 0 Å². The molecule has 4 nitrogen and oxygen atoms in total. The van der Waals surface area contributed by atoms with E-state index in [1.54, 1.807) is 0 Å². The van der Waals surface area contributed by atoms with Crippen LogP contribution >= 0.6 is 0 Å². The fraction of sp³-hybridized carbons (Fsp3) is 0.400. The molecular weight excluding hydrogens is 236 g/mol. The molecule has 0 bridgehead atoms. The summed E-state index contributed by atoms with van der Waals surface area (Å²) in [6.45, 7) is 4.22. The second-order valence-corrected chi connectivity index (χ2v) is 5.07. The van der Waals surface area contributed by atoms with Gasteiger partial charge < -0.3 is 5.32 Å². The summed E-state index contributed by atoms with van der Waals surface area (Å²) in [6.07, 6.45) is 4.04. The van der Waals surface area contributed by atoms with E-state index in [2.05, 4.69) is 40.4 Å². The average Bonchev–Trinajstić information content (AvgIpc) is 2.86. The van der Waals surface area contributed by atoms with Crippen molar-refractivity contribution in [2.45, 2.75) is 32.6 Å². The molecule has 98 valence electrons. The zero-order valence-electron chi connectivity index (χ0n) is 11.6. The van der Waals surface area contributed by atoms with Crippen molar-refractivity contribution in [2.24, 2.45) is 0 Å². The highest BCUT2D eigenvalue weighted by molar-refractivity contribution is 5.49. The van der Waals surface area contributed by atoms with Crippen LogP contribution in [-0.4, -0.2) is 22.2 Å². The van der Waals surface area contributed by atoms with Crippen molar-refractivity contribution < 1.29 is 0 Å². The topological polar surface area (TPSA) is 50.7 Å². The van der Waals surface area contributed by atoms with Gasteiger partial charge in [0.25, 0.3) is 0 Å². The second kappa shape index (κ2) is 4.61. The molecule has 0 aromatic carbocycles. The van der Waals surface area contributed by atoms with E-state index in [9.17, 15) is 0 Å². The standard InChI is InChI=1S/C15H18N4/c1-9-10(2)15(16-3)19-18-13(9)12-7-6-11-5-4-8-17-14(11)12/h4-5,8,12H,6-7H2,1-3H3,(H,16,19). The van der Waals surface area contributed by atoms with Gasteiger partial charge in [-0.1, -0.05) is 6.07 Å². The Morgan fingerprint density at radius 1 is 1.16 bits per heavy atom. The van der Waals surface area contributed by atoms with Gasteiger partial charge in [-0.3, -0.25) is 4.98 Å². The minimum absolute atomic E-state index is 0.299. The maximum atomic E-state index is 4.55. The van der Waals surface area contributed by atoms with Crippen LogP contribution in [0, 0.1) is 13.8 Å². The van der Waals surface area contributed by atoms with Crippen LogP contribution in [0.4, 0.5) is 5.82 Å². The monoisotopic (exact) mass is 254 g/mol. The molecule has 0 saturated carbocycles. The van der Waals surface area contributed by atoms with Crippen molar-refractivity contribution in [3.05, 3.63) is 46.4 Å². The van der Waals surface area contributed by atoms with Gasteiger partial charge in [0.1, 0.15) is 0 Å². The highest BCUT2D eigenvalue weighted by Gasteiger charge is 2.28. The smallest absolute Gasteiger partial charge is 0.151 e. The molecule has 1 unspecified atom stereocenters. The Labute approximate surface area is 113 Å². The first kappa shape index (κ1) is 12.1. The zero-order valence-corrected chi connectivity index (χ0v) is 11.6. The number of nitrogens with one attached hydrogen (secondary N) is 1. The molecule has 3 rings (SSSR count). The van der Waals surface area contributed by atoms with Gasteiger partial charge in [-0.25, -0.2) is 0 Å². The Balaban J connectivity index is 2.08. The highest BCUT2D eigenvalue weighted by Crippen LogP contribution is 2.37. The van der Waals surface area contributed by atoms with E-state index >= 15 is 0 Å². The highest BCUT2D eigenvalue weighted by atomic mass is 15.2. The summed E-state index contributed by atoms with van der Waals surface area (Å²) in [6, 6.07) is 4.18. The Morgan fingerprint density at radius 2 is 2.00 bits per heavy atom. The molecule has 0 fully saturated rings. The summed E-state index contributed by atoms with van der Waals surface area (Å²) in [5.41, 5.74) is 6.01. The van der Waals surface area contributed by atoms with Gasteiger partial charge in [-0.05, 0) is 49.4 Å². The van der Waals surface area contributed by atoms with Gasteiger partial charge in [0.15, 0.2) is 5.82 Å². The molecule has 0 aliphatic heterocycles. The van der Waals surface area contributed by atoms with Crippen molar-refractivity contribution in [3.8, 4) is 0 Å². The molecular formula is C15H18N4. The normalized spacial score (nSPS) is 17.3. The predicted octanol–water partition coefficient (Wildman–Crippen LogP) is 2.61. The third-order valence-electron chi connectivity index (χ3n) is 4.09. The predicted molar refractivity (Wildman–Crippen MR) is 75.5 cm³/mol. The van der Waals surface area contributed by atoms with Crippen LogP contribution in [0.1, 0.15) is 40.4 Å². The van der Waals surface area contributed by atoms with E-state index < -0.39 is 0 Å². The van der Waals surface area contributed by atoms with Crippen LogP contribution in [0.3, 0.4) is 0 Å². The van der Waals surface area contributed by atoms with E-state index in [4.69, 9.17) is 0 Å². The fourth-order valence-corrected chi connectivity index (χ4v) is 2.87. The van der Waals surface area contributed by atoms with Crippen molar-refractivity contribution in [2.75, 3.05) is 12.4 Å². The summed E-state index contributed by atoms with van der Waals surface area (Å²) in [7, 11) is 1.88. The number of fused-ring (bicyclic) bond motifs is 1. The van der Waals surface area contributed by atoms with Crippen molar-refractivity contribution in [1.29, 1.82) is 0 Å². The van der Waals surface area contributed by atoms with E-state index in [-0.39, 0.29) is 0 Å². The second-order valence-electron chi connectivity index (χ2n) is 5.07. The van der Waals surface area contributed by atoms with Crippen LogP contribution in [0.15, 0.2) is 18.3 Å². The Bertz CT molecular complexity index is 622. The first-order chi connectivity index (χ1) is 9.22. The van der Waals surface area contributed by atoms with Crippen LogP contribution in [0.25, 0.3) is 0 Å². The van der Waals surface area contributed by atoms with Crippen LogP contribution < -0.4 is 5.32 Å². The largest absolute Gasteiger partial charge is 0.371 e.